The van der Waals surface area contributed by atoms with Crippen LogP contribution in [0.4, 0.5) is 5.69 Å². The summed E-state index contributed by atoms with van der Waals surface area (Å²) in [6, 6.07) is 0. The Bertz CT molecular complexity index is 950. The fourth-order valence-corrected chi connectivity index (χ4v) is 2.50. The first-order chi connectivity index (χ1) is 11.8. The number of amides is 1. The van der Waals surface area contributed by atoms with Crippen molar-refractivity contribution in [2.75, 3.05) is 5.32 Å². The summed E-state index contributed by atoms with van der Waals surface area (Å²) in [7, 11) is 3.40. The van der Waals surface area contributed by atoms with Crippen LogP contribution in [0.5, 0.6) is 0 Å². The lowest BCUT2D eigenvalue weighted by Gasteiger charge is -2.01. The SMILES string of the molecule is Cc1nn(C)cc1Cn1cc(NC(=O)c2nn(C)cc2C(=O)O)cn1. The molecule has 0 radical (unpaired) electrons. The van der Waals surface area contributed by atoms with Gasteiger partial charge in [0.2, 0.25) is 0 Å². The van der Waals surface area contributed by atoms with Crippen molar-refractivity contribution in [1.82, 2.24) is 29.3 Å². The third-order valence-corrected chi connectivity index (χ3v) is 3.61. The predicted octanol–water partition coefficient (Wildman–Crippen LogP) is 0.657. The number of nitrogens with zero attached hydrogens (tertiary/aromatic N) is 6. The molecule has 3 aromatic heterocycles. The van der Waals surface area contributed by atoms with Gasteiger partial charge in [0.15, 0.2) is 5.69 Å². The van der Waals surface area contributed by atoms with E-state index in [2.05, 4.69) is 20.6 Å². The van der Waals surface area contributed by atoms with E-state index in [0.29, 0.717) is 12.2 Å². The number of carbonyl (C=O) groups is 2. The number of aryl methyl sites for hydroxylation is 3. The molecule has 0 atom stereocenters. The van der Waals surface area contributed by atoms with Crippen LogP contribution in [0.1, 0.15) is 32.1 Å². The Labute approximate surface area is 142 Å². The topological polar surface area (TPSA) is 120 Å². The summed E-state index contributed by atoms with van der Waals surface area (Å²) < 4.78 is 4.68. The molecular formula is C15H17N7O3. The summed E-state index contributed by atoms with van der Waals surface area (Å²) >= 11 is 0. The maximum absolute atomic E-state index is 12.3. The van der Waals surface area contributed by atoms with Crippen molar-refractivity contribution in [1.29, 1.82) is 0 Å². The van der Waals surface area contributed by atoms with Crippen LogP contribution in [0.3, 0.4) is 0 Å². The lowest BCUT2D eigenvalue weighted by atomic mass is 10.2. The molecule has 0 aliphatic rings. The molecule has 2 N–H and O–H groups in total. The van der Waals surface area contributed by atoms with Gasteiger partial charge in [-0.05, 0) is 6.92 Å². The Balaban J connectivity index is 1.74. The van der Waals surface area contributed by atoms with E-state index in [1.54, 1.807) is 22.6 Å². The van der Waals surface area contributed by atoms with Gasteiger partial charge in [-0.1, -0.05) is 0 Å². The molecule has 10 heteroatoms. The standard InChI is InChI=1S/C15H17N7O3/c1-9-10(5-20(2)18-9)6-22-7-11(4-16-22)17-14(23)13-12(15(24)25)8-21(3)19-13/h4-5,7-8H,6H2,1-3H3,(H,17,23)(H,24,25). The monoisotopic (exact) mass is 343 g/mol. The predicted molar refractivity (Wildman–Crippen MR) is 87.4 cm³/mol. The van der Waals surface area contributed by atoms with Crippen molar-refractivity contribution in [2.45, 2.75) is 13.5 Å². The molecule has 0 aliphatic carbocycles. The van der Waals surface area contributed by atoms with Crippen molar-refractivity contribution >= 4 is 17.6 Å². The molecule has 130 valence electrons. The van der Waals surface area contributed by atoms with Crippen molar-refractivity contribution in [3.8, 4) is 0 Å². The normalized spacial score (nSPS) is 10.8. The Hall–Kier alpha value is -3.43. The number of aromatic carboxylic acids is 1. The Morgan fingerprint density at radius 2 is 1.88 bits per heavy atom. The van der Waals surface area contributed by atoms with Crippen LogP contribution >= 0.6 is 0 Å². The number of hydrogen-bond donors (Lipinski definition) is 2. The minimum Gasteiger partial charge on any atom is -0.478 e. The lowest BCUT2D eigenvalue weighted by Crippen LogP contribution is -2.16. The maximum atomic E-state index is 12.3. The highest BCUT2D eigenvalue weighted by molar-refractivity contribution is 6.09. The first-order valence-electron chi connectivity index (χ1n) is 7.43. The summed E-state index contributed by atoms with van der Waals surface area (Å²) in [5.74, 6) is -1.81. The van der Waals surface area contributed by atoms with Crippen molar-refractivity contribution in [2.24, 2.45) is 14.1 Å². The van der Waals surface area contributed by atoms with Crippen LogP contribution < -0.4 is 5.32 Å². The molecule has 0 fully saturated rings. The van der Waals surface area contributed by atoms with Gasteiger partial charge in [-0.15, -0.1) is 0 Å². The Kier molecular flexibility index (Phi) is 4.09. The quantitative estimate of drug-likeness (QED) is 0.702. The van der Waals surface area contributed by atoms with Gasteiger partial charge in [0, 0.05) is 38.2 Å². The van der Waals surface area contributed by atoms with Gasteiger partial charge in [0.05, 0.1) is 24.1 Å². The number of carbonyl (C=O) groups excluding carboxylic acids is 1. The molecule has 10 nitrogen and oxygen atoms in total. The van der Waals surface area contributed by atoms with Crippen LogP contribution in [0.15, 0.2) is 24.8 Å². The molecule has 0 bridgehead atoms. The number of rotatable bonds is 5. The van der Waals surface area contributed by atoms with E-state index in [1.807, 2.05) is 20.2 Å². The first-order valence-corrected chi connectivity index (χ1v) is 7.43. The maximum Gasteiger partial charge on any atom is 0.339 e. The van der Waals surface area contributed by atoms with Crippen molar-refractivity contribution in [3.63, 3.8) is 0 Å². The molecule has 3 rings (SSSR count). The van der Waals surface area contributed by atoms with E-state index < -0.39 is 11.9 Å². The zero-order chi connectivity index (χ0) is 18.1. The van der Waals surface area contributed by atoms with E-state index >= 15 is 0 Å². The molecular weight excluding hydrogens is 326 g/mol. The van der Waals surface area contributed by atoms with E-state index in [4.69, 9.17) is 5.11 Å². The molecule has 0 saturated heterocycles. The highest BCUT2D eigenvalue weighted by Gasteiger charge is 2.21. The summed E-state index contributed by atoms with van der Waals surface area (Å²) in [5, 5.41) is 24.1. The number of anilines is 1. The zero-order valence-electron chi connectivity index (χ0n) is 14.0. The third kappa shape index (κ3) is 3.42. The van der Waals surface area contributed by atoms with Crippen molar-refractivity contribution < 1.29 is 14.7 Å². The van der Waals surface area contributed by atoms with Gasteiger partial charge in [-0.3, -0.25) is 18.8 Å². The molecule has 1 amide bonds. The van der Waals surface area contributed by atoms with Crippen LogP contribution in [-0.2, 0) is 20.6 Å². The fourth-order valence-electron chi connectivity index (χ4n) is 2.50. The second kappa shape index (κ2) is 6.23. The minimum atomic E-state index is -1.21. The molecule has 0 aromatic carbocycles. The van der Waals surface area contributed by atoms with Gasteiger partial charge in [-0.25, -0.2) is 4.79 Å². The molecule has 0 saturated carbocycles. The minimum absolute atomic E-state index is 0.147. The Morgan fingerprint density at radius 1 is 1.16 bits per heavy atom. The van der Waals surface area contributed by atoms with Crippen LogP contribution in [0, 0.1) is 6.92 Å². The highest BCUT2D eigenvalue weighted by Crippen LogP contribution is 2.13. The van der Waals surface area contributed by atoms with Gasteiger partial charge in [-0.2, -0.15) is 15.3 Å². The number of nitrogens with one attached hydrogen (secondary N) is 1. The Morgan fingerprint density at radius 3 is 2.52 bits per heavy atom. The fraction of sp³-hybridized carbons (Fsp3) is 0.267. The van der Waals surface area contributed by atoms with E-state index in [9.17, 15) is 9.59 Å². The summed E-state index contributed by atoms with van der Waals surface area (Å²) in [6.07, 6.45) is 6.34. The lowest BCUT2D eigenvalue weighted by molar-refractivity contribution is 0.0692. The molecule has 0 spiro atoms. The number of aromatic nitrogens is 6. The van der Waals surface area contributed by atoms with Crippen LogP contribution in [-0.4, -0.2) is 46.3 Å². The summed E-state index contributed by atoms with van der Waals surface area (Å²) in [4.78, 5) is 23.5. The summed E-state index contributed by atoms with van der Waals surface area (Å²) in [5.41, 5.74) is 2.07. The van der Waals surface area contributed by atoms with Crippen LogP contribution in [0.2, 0.25) is 0 Å². The molecule has 3 heterocycles. The zero-order valence-corrected chi connectivity index (χ0v) is 14.0. The number of hydrogen-bond acceptors (Lipinski definition) is 5. The molecule has 0 aliphatic heterocycles. The highest BCUT2D eigenvalue weighted by atomic mass is 16.4. The van der Waals surface area contributed by atoms with E-state index in [0.717, 1.165) is 11.3 Å². The third-order valence-electron chi connectivity index (χ3n) is 3.61. The van der Waals surface area contributed by atoms with Gasteiger partial charge < -0.3 is 10.4 Å². The molecule has 25 heavy (non-hydrogen) atoms. The number of carboxylic acids is 1. The molecule has 3 aromatic rings. The van der Waals surface area contributed by atoms with E-state index in [-0.39, 0.29) is 11.3 Å². The van der Waals surface area contributed by atoms with Crippen LogP contribution in [0.25, 0.3) is 0 Å². The smallest absolute Gasteiger partial charge is 0.339 e. The van der Waals surface area contributed by atoms with Crippen molar-refractivity contribution in [3.05, 3.63) is 47.3 Å². The average molecular weight is 343 g/mol. The van der Waals surface area contributed by atoms with E-state index in [1.165, 1.54) is 17.1 Å². The van der Waals surface area contributed by atoms with Gasteiger partial charge in [0.1, 0.15) is 5.56 Å². The second-order valence-corrected chi connectivity index (χ2v) is 5.66. The largest absolute Gasteiger partial charge is 0.478 e. The number of carboxylic acid groups (broad SMARTS) is 1. The first kappa shape index (κ1) is 16.4. The molecule has 0 unspecified atom stereocenters. The second-order valence-electron chi connectivity index (χ2n) is 5.66. The average Bonchev–Trinajstić information content (AvgIpc) is 3.20. The van der Waals surface area contributed by atoms with Gasteiger partial charge >= 0.3 is 5.97 Å². The summed E-state index contributed by atoms with van der Waals surface area (Å²) in [6.45, 7) is 2.43. The van der Waals surface area contributed by atoms with Gasteiger partial charge in [0.25, 0.3) is 5.91 Å².